The van der Waals surface area contributed by atoms with Crippen LogP contribution < -0.4 is 4.89 Å². The average molecular weight is 1110 g/mol. The zero-order chi connectivity index (χ0) is 57.0. The number of esters is 2. The van der Waals surface area contributed by atoms with Gasteiger partial charge in [-0.3, -0.25) is 14.2 Å². The van der Waals surface area contributed by atoms with Gasteiger partial charge >= 0.3 is 11.9 Å². The average Bonchev–Trinajstić information content (AvgIpc) is 3.41. The molecule has 0 saturated carbocycles. The summed E-state index contributed by atoms with van der Waals surface area (Å²) in [5, 5.41) is 0. The third-order valence-corrected chi connectivity index (χ3v) is 15.2. The molecule has 0 amide bonds. The number of rotatable bonds is 60. The highest BCUT2D eigenvalue weighted by Gasteiger charge is 2.22. The number of carbonyl (C=O) groups is 2. The fourth-order valence-electron chi connectivity index (χ4n) is 9.21. The molecule has 0 N–H and O–H groups in total. The highest BCUT2D eigenvalue weighted by Crippen LogP contribution is 2.38. The first-order valence-corrected chi connectivity index (χ1v) is 34.1. The lowest BCUT2D eigenvalue weighted by Crippen LogP contribution is -2.37. The van der Waals surface area contributed by atoms with E-state index in [2.05, 4.69) is 86.8 Å². The van der Waals surface area contributed by atoms with Gasteiger partial charge in [-0.2, -0.15) is 0 Å². The van der Waals surface area contributed by atoms with Crippen LogP contribution in [0.3, 0.4) is 0 Å². The van der Waals surface area contributed by atoms with Crippen molar-refractivity contribution in [3.8, 4) is 0 Å². The van der Waals surface area contributed by atoms with Crippen molar-refractivity contribution in [2.75, 3.05) is 47.5 Å². The van der Waals surface area contributed by atoms with E-state index in [0.717, 1.165) is 70.6 Å². The maximum atomic E-state index is 12.8. The van der Waals surface area contributed by atoms with Crippen LogP contribution in [-0.4, -0.2) is 70.0 Å². The quantitative estimate of drug-likeness (QED) is 0.0195. The van der Waals surface area contributed by atoms with E-state index in [-0.39, 0.29) is 32.0 Å². The Hall–Kier alpha value is -2.55. The van der Waals surface area contributed by atoms with Crippen molar-refractivity contribution in [2.45, 2.75) is 302 Å². The molecule has 0 heterocycles. The minimum absolute atomic E-state index is 0.0318. The van der Waals surface area contributed by atoms with Gasteiger partial charge < -0.3 is 27.9 Å². The van der Waals surface area contributed by atoms with Crippen LogP contribution in [0, 0.1) is 0 Å². The second-order valence-electron chi connectivity index (χ2n) is 23.1. The van der Waals surface area contributed by atoms with Crippen molar-refractivity contribution in [2.24, 2.45) is 0 Å². The van der Waals surface area contributed by atoms with Crippen molar-refractivity contribution >= 4 is 19.8 Å². The number of hydrogen-bond acceptors (Lipinski definition) is 8. The van der Waals surface area contributed by atoms with Crippen molar-refractivity contribution in [3.63, 3.8) is 0 Å². The number of allylic oxidation sites excluding steroid dienone is 12. The van der Waals surface area contributed by atoms with Crippen LogP contribution in [0.1, 0.15) is 296 Å². The molecule has 2 atom stereocenters. The van der Waals surface area contributed by atoms with E-state index in [1.807, 2.05) is 21.1 Å². The lowest BCUT2D eigenvalue weighted by Gasteiger charge is -2.28. The highest BCUT2D eigenvalue weighted by atomic mass is 31.2. The largest absolute Gasteiger partial charge is 0.756 e. The van der Waals surface area contributed by atoms with Gasteiger partial charge in [0.2, 0.25) is 0 Å². The summed E-state index contributed by atoms with van der Waals surface area (Å²) < 4.78 is 34.3. The molecule has 0 aliphatic heterocycles. The lowest BCUT2D eigenvalue weighted by molar-refractivity contribution is -0.870. The maximum absolute atomic E-state index is 12.8. The third-order valence-electron chi connectivity index (χ3n) is 14.2. The molecule has 0 aliphatic rings. The zero-order valence-corrected chi connectivity index (χ0v) is 52.5. The van der Waals surface area contributed by atoms with Gasteiger partial charge in [0.05, 0.1) is 27.7 Å². The number of unbranched alkanes of at least 4 members (excludes halogenated alkanes) is 34. The van der Waals surface area contributed by atoms with Crippen LogP contribution in [0.2, 0.25) is 0 Å². The van der Waals surface area contributed by atoms with Gasteiger partial charge in [-0.1, -0.05) is 273 Å². The Labute approximate surface area is 482 Å². The molecule has 0 fully saturated rings. The van der Waals surface area contributed by atoms with E-state index in [1.54, 1.807) is 0 Å². The number of phosphoric ester groups is 1. The van der Waals surface area contributed by atoms with Crippen molar-refractivity contribution < 1.29 is 42.1 Å². The minimum atomic E-state index is -4.64. The summed E-state index contributed by atoms with van der Waals surface area (Å²) in [6.45, 7) is 4.15. The van der Waals surface area contributed by atoms with Gasteiger partial charge in [0, 0.05) is 12.8 Å². The van der Waals surface area contributed by atoms with E-state index in [9.17, 15) is 19.0 Å². The molecule has 0 spiro atoms. The molecule has 0 rings (SSSR count). The summed E-state index contributed by atoms with van der Waals surface area (Å²) in [6.07, 6.45) is 78.2. The SMILES string of the molecule is CC/C=C\C/C=C\C/C=C\C/C=C\CCCCCCCCCCCCCCCCC(=O)OC(COC(=O)CCCCCCCCCCCCCCCCC/C=C\C/C=C\CCCCCCC)COP(=O)([O-])OCC[N+](C)(C)C. The number of quaternary nitrogens is 1. The van der Waals surface area contributed by atoms with Crippen LogP contribution in [0.15, 0.2) is 72.9 Å². The van der Waals surface area contributed by atoms with Gasteiger partial charge in [0.25, 0.3) is 7.82 Å². The normalized spacial score (nSPS) is 13.7. The summed E-state index contributed by atoms with van der Waals surface area (Å²) in [4.78, 5) is 38.0. The number of phosphoric acid groups is 1. The second-order valence-corrected chi connectivity index (χ2v) is 24.5. The standard InChI is InChI=1S/C68H124NO8P/c1-6-8-10-12-14-16-18-20-22-24-26-28-30-32-34-36-38-40-42-44-46-48-50-52-54-56-58-60-67(70)74-64-66(65-76-78(72,73)75-63-62-69(3,4)5)77-68(71)61-59-57-55-53-51-49-47-45-43-41-39-37-35-33-31-29-27-25-23-21-19-17-15-13-11-9-7-2/h9,11,15,17-18,20-21,23-24,26-27,29,66H,6-8,10,12-14,16,19,22,25,28,30-65H2,1-5H3/b11-9-,17-15-,20-18-,23-21-,26-24-,29-27-. The summed E-state index contributed by atoms with van der Waals surface area (Å²) in [5.74, 6) is -0.825. The van der Waals surface area contributed by atoms with Crippen LogP contribution >= 0.6 is 7.82 Å². The predicted molar refractivity (Wildman–Crippen MR) is 333 cm³/mol. The molecule has 0 aromatic rings. The Balaban J connectivity index is 4.08. The molecule has 0 aromatic carbocycles. The van der Waals surface area contributed by atoms with Gasteiger partial charge in [0.1, 0.15) is 19.8 Å². The Bertz CT molecular complexity index is 1550. The molecule has 454 valence electrons. The van der Waals surface area contributed by atoms with E-state index < -0.39 is 26.5 Å². The predicted octanol–water partition coefficient (Wildman–Crippen LogP) is 20.2. The smallest absolute Gasteiger partial charge is 0.306 e. The van der Waals surface area contributed by atoms with Crippen molar-refractivity contribution in [3.05, 3.63) is 72.9 Å². The van der Waals surface area contributed by atoms with Gasteiger partial charge in [-0.05, 0) is 83.5 Å². The van der Waals surface area contributed by atoms with Crippen LogP contribution in [0.25, 0.3) is 0 Å². The Morgan fingerprint density at radius 3 is 1.09 bits per heavy atom. The van der Waals surface area contributed by atoms with Gasteiger partial charge in [-0.15, -0.1) is 0 Å². The van der Waals surface area contributed by atoms with E-state index in [1.165, 1.54) is 193 Å². The molecule has 0 aromatic heterocycles. The summed E-state index contributed by atoms with van der Waals surface area (Å²) in [7, 11) is 1.17. The Morgan fingerprint density at radius 2 is 0.731 bits per heavy atom. The Kier molecular flexibility index (Phi) is 57.2. The van der Waals surface area contributed by atoms with E-state index >= 15 is 0 Å². The maximum Gasteiger partial charge on any atom is 0.306 e. The molecule has 9 nitrogen and oxygen atoms in total. The second kappa shape index (κ2) is 59.1. The number of hydrogen-bond donors (Lipinski definition) is 0. The molecule has 0 aliphatic carbocycles. The van der Waals surface area contributed by atoms with Crippen molar-refractivity contribution in [1.29, 1.82) is 0 Å². The monoisotopic (exact) mass is 1110 g/mol. The minimum Gasteiger partial charge on any atom is -0.756 e. The van der Waals surface area contributed by atoms with E-state index in [0.29, 0.717) is 17.4 Å². The first-order chi connectivity index (χ1) is 38.0. The molecule has 2 unspecified atom stereocenters. The number of nitrogens with zero attached hydrogens (tertiary/aromatic N) is 1. The van der Waals surface area contributed by atoms with E-state index in [4.69, 9.17) is 18.5 Å². The Morgan fingerprint density at radius 1 is 0.410 bits per heavy atom. The zero-order valence-electron chi connectivity index (χ0n) is 51.6. The number of carbonyl (C=O) groups excluding carboxylic acids is 2. The molecule has 0 bridgehead atoms. The van der Waals surface area contributed by atoms with Crippen LogP contribution in [0.5, 0.6) is 0 Å². The van der Waals surface area contributed by atoms with Crippen LogP contribution in [0.4, 0.5) is 0 Å². The van der Waals surface area contributed by atoms with Crippen LogP contribution in [-0.2, 0) is 32.7 Å². The fraction of sp³-hybridized carbons (Fsp3) is 0.794. The molecule has 78 heavy (non-hydrogen) atoms. The first kappa shape index (κ1) is 75.5. The number of likely N-dealkylation sites (N-methyl/N-ethyl adjacent to an activating group) is 1. The molecular formula is C68H124NO8P. The molecule has 0 radical (unpaired) electrons. The topological polar surface area (TPSA) is 111 Å². The van der Waals surface area contributed by atoms with Gasteiger partial charge in [-0.25, -0.2) is 0 Å². The lowest BCUT2D eigenvalue weighted by atomic mass is 10.0. The fourth-order valence-corrected chi connectivity index (χ4v) is 9.94. The number of ether oxygens (including phenoxy) is 2. The summed E-state index contributed by atoms with van der Waals surface area (Å²) in [6, 6.07) is 0. The van der Waals surface area contributed by atoms with Gasteiger partial charge in [0.15, 0.2) is 6.10 Å². The third kappa shape index (κ3) is 62.6. The summed E-state index contributed by atoms with van der Waals surface area (Å²) >= 11 is 0. The highest BCUT2D eigenvalue weighted by molar-refractivity contribution is 7.45. The molecule has 0 saturated heterocycles. The van der Waals surface area contributed by atoms with Crippen molar-refractivity contribution in [1.82, 2.24) is 0 Å². The first-order valence-electron chi connectivity index (χ1n) is 32.6. The molecular weight excluding hydrogens is 990 g/mol. The molecule has 10 heteroatoms. The summed E-state index contributed by atoms with van der Waals surface area (Å²) in [5.41, 5.74) is 0.